The average molecular weight is 310 g/mol. The van der Waals surface area contributed by atoms with Crippen molar-refractivity contribution in [2.75, 3.05) is 14.1 Å². The van der Waals surface area contributed by atoms with Crippen molar-refractivity contribution < 1.29 is 9.59 Å². The van der Waals surface area contributed by atoms with Gasteiger partial charge in [-0.15, -0.1) is 0 Å². The van der Waals surface area contributed by atoms with Gasteiger partial charge in [-0.1, -0.05) is 12.1 Å². The quantitative estimate of drug-likeness (QED) is 0.912. The summed E-state index contributed by atoms with van der Waals surface area (Å²) in [5.41, 5.74) is 5.72. The summed E-state index contributed by atoms with van der Waals surface area (Å²) in [5.74, 6) is -0.191. The van der Waals surface area contributed by atoms with Crippen LogP contribution in [0.4, 0.5) is 0 Å². The fourth-order valence-corrected chi connectivity index (χ4v) is 2.50. The summed E-state index contributed by atoms with van der Waals surface area (Å²) < 4.78 is 0. The van der Waals surface area contributed by atoms with Crippen molar-refractivity contribution in [1.29, 1.82) is 0 Å². The second-order valence-electron chi connectivity index (χ2n) is 5.62. The molecule has 2 amide bonds. The highest BCUT2D eigenvalue weighted by molar-refractivity contribution is 5.95. The molecule has 120 valence electrons. The van der Waals surface area contributed by atoms with Crippen molar-refractivity contribution in [1.82, 2.24) is 10.6 Å². The number of hydrogen-bond acceptors (Lipinski definition) is 2. The number of rotatable bonds is 4. The molecule has 4 heteroatoms. The molecule has 0 aliphatic heterocycles. The van der Waals surface area contributed by atoms with Crippen LogP contribution in [0.2, 0.25) is 0 Å². The van der Waals surface area contributed by atoms with Crippen molar-refractivity contribution in [3.05, 3.63) is 69.8 Å². The van der Waals surface area contributed by atoms with E-state index in [9.17, 15) is 9.59 Å². The van der Waals surface area contributed by atoms with Crippen LogP contribution in [0.15, 0.2) is 36.4 Å². The Bertz CT molecular complexity index is 688. The Kier molecular flexibility index (Phi) is 5.16. The third-order valence-corrected chi connectivity index (χ3v) is 4.06. The molecule has 0 atom stereocenters. The maximum absolute atomic E-state index is 11.8. The highest BCUT2D eigenvalue weighted by Crippen LogP contribution is 2.20. The van der Waals surface area contributed by atoms with Crippen molar-refractivity contribution in [3.8, 4) is 0 Å². The predicted octanol–water partition coefficient (Wildman–Crippen LogP) is 2.61. The molecule has 2 rings (SSSR count). The van der Waals surface area contributed by atoms with Gasteiger partial charge in [0.05, 0.1) is 0 Å². The molecule has 4 nitrogen and oxygen atoms in total. The van der Waals surface area contributed by atoms with Crippen LogP contribution >= 0.6 is 0 Å². The summed E-state index contributed by atoms with van der Waals surface area (Å²) in [6.07, 6.45) is 0.688. The standard InChI is InChI=1S/C19H22N2O2/c1-12-5-7-14(18(22)20-3)9-16(12)11-17-10-15(19(23)21-4)8-6-13(17)2/h5-10H,11H2,1-4H3,(H,20,22)(H,21,23). The van der Waals surface area contributed by atoms with E-state index in [1.54, 1.807) is 14.1 Å². The molecule has 23 heavy (non-hydrogen) atoms. The first-order valence-electron chi connectivity index (χ1n) is 7.59. The maximum atomic E-state index is 11.8. The van der Waals surface area contributed by atoms with Gasteiger partial charge < -0.3 is 10.6 Å². The van der Waals surface area contributed by atoms with Crippen LogP contribution in [0.25, 0.3) is 0 Å². The Labute approximate surface area is 136 Å². The second kappa shape index (κ2) is 7.09. The van der Waals surface area contributed by atoms with E-state index in [0.717, 1.165) is 22.3 Å². The Morgan fingerprint density at radius 1 is 0.783 bits per heavy atom. The summed E-state index contributed by atoms with van der Waals surface area (Å²) in [6.45, 7) is 4.06. The van der Waals surface area contributed by atoms with Gasteiger partial charge >= 0.3 is 0 Å². The summed E-state index contributed by atoms with van der Waals surface area (Å²) in [4.78, 5) is 23.6. The maximum Gasteiger partial charge on any atom is 0.251 e. The molecular weight excluding hydrogens is 288 g/mol. The highest BCUT2D eigenvalue weighted by atomic mass is 16.2. The van der Waals surface area contributed by atoms with Crippen LogP contribution < -0.4 is 10.6 Å². The van der Waals surface area contributed by atoms with Gasteiger partial charge in [-0.05, 0) is 66.8 Å². The monoisotopic (exact) mass is 310 g/mol. The SMILES string of the molecule is CNC(=O)c1ccc(C)c(Cc2cc(C(=O)NC)ccc2C)c1. The minimum atomic E-state index is -0.0953. The first-order valence-corrected chi connectivity index (χ1v) is 7.59. The van der Waals surface area contributed by atoms with Gasteiger partial charge in [-0.3, -0.25) is 9.59 Å². The van der Waals surface area contributed by atoms with E-state index in [4.69, 9.17) is 0 Å². The van der Waals surface area contributed by atoms with Crippen molar-refractivity contribution in [2.45, 2.75) is 20.3 Å². The summed E-state index contributed by atoms with van der Waals surface area (Å²) >= 11 is 0. The van der Waals surface area contributed by atoms with Gasteiger partial charge in [0.2, 0.25) is 0 Å². The topological polar surface area (TPSA) is 58.2 Å². The molecule has 0 aromatic heterocycles. The molecule has 0 radical (unpaired) electrons. The van der Waals surface area contributed by atoms with Gasteiger partial charge in [0.15, 0.2) is 0 Å². The lowest BCUT2D eigenvalue weighted by molar-refractivity contribution is 0.0955. The van der Waals surface area contributed by atoms with E-state index in [1.807, 2.05) is 50.2 Å². The number of aryl methyl sites for hydroxylation is 2. The van der Waals surface area contributed by atoms with Crippen LogP contribution in [0, 0.1) is 13.8 Å². The van der Waals surface area contributed by atoms with Crippen LogP contribution in [0.1, 0.15) is 43.0 Å². The normalized spacial score (nSPS) is 10.3. The van der Waals surface area contributed by atoms with E-state index in [2.05, 4.69) is 10.6 Å². The lowest BCUT2D eigenvalue weighted by atomic mass is 9.94. The molecule has 0 aliphatic carbocycles. The lowest BCUT2D eigenvalue weighted by Gasteiger charge is -2.12. The van der Waals surface area contributed by atoms with Crippen molar-refractivity contribution in [2.24, 2.45) is 0 Å². The Morgan fingerprint density at radius 2 is 1.17 bits per heavy atom. The fraction of sp³-hybridized carbons (Fsp3) is 0.263. The minimum absolute atomic E-state index is 0.0953. The number of amides is 2. The van der Waals surface area contributed by atoms with Crippen molar-refractivity contribution >= 4 is 11.8 Å². The zero-order valence-electron chi connectivity index (χ0n) is 14.0. The molecule has 0 saturated carbocycles. The Balaban J connectivity index is 2.38. The van der Waals surface area contributed by atoms with Gasteiger partial charge in [0, 0.05) is 25.2 Å². The zero-order chi connectivity index (χ0) is 17.0. The highest BCUT2D eigenvalue weighted by Gasteiger charge is 2.10. The molecule has 0 bridgehead atoms. The van der Waals surface area contributed by atoms with E-state index in [0.29, 0.717) is 17.5 Å². The molecule has 0 unspecified atom stereocenters. The largest absolute Gasteiger partial charge is 0.355 e. The van der Waals surface area contributed by atoms with Crippen LogP contribution in [0.5, 0.6) is 0 Å². The first kappa shape index (κ1) is 16.7. The molecule has 0 aliphatic rings. The number of carbonyl (C=O) groups excluding carboxylic acids is 2. The van der Waals surface area contributed by atoms with Gasteiger partial charge in [-0.25, -0.2) is 0 Å². The molecule has 0 fully saturated rings. The smallest absolute Gasteiger partial charge is 0.251 e. The van der Waals surface area contributed by atoms with Gasteiger partial charge in [0.1, 0.15) is 0 Å². The molecule has 2 N–H and O–H groups in total. The average Bonchev–Trinajstić information content (AvgIpc) is 2.57. The minimum Gasteiger partial charge on any atom is -0.355 e. The van der Waals surface area contributed by atoms with E-state index >= 15 is 0 Å². The molecule has 2 aromatic rings. The number of benzene rings is 2. The Morgan fingerprint density at radius 3 is 1.52 bits per heavy atom. The van der Waals surface area contributed by atoms with Crippen LogP contribution in [-0.2, 0) is 6.42 Å². The van der Waals surface area contributed by atoms with Crippen molar-refractivity contribution in [3.63, 3.8) is 0 Å². The fourth-order valence-electron chi connectivity index (χ4n) is 2.50. The number of nitrogens with one attached hydrogen (secondary N) is 2. The number of carbonyl (C=O) groups is 2. The van der Waals surface area contributed by atoms with Crippen LogP contribution in [0.3, 0.4) is 0 Å². The summed E-state index contributed by atoms with van der Waals surface area (Å²) in [7, 11) is 3.25. The van der Waals surface area contributed by atoms with Gasteiger partial charge in [0.25, 0.3) is 11.8 Å². The summed E-state index contributed by atoms with van der Waals surface area (Å²) in [6, 6.07) is 11.4. The number of hydrogen-bond donors (Lipinski definition) is 2. The molecule has 0 spiro atoms. The second-order valence-corrected chi connectivity index (χ2v) is 5.62. The van der Waals surface area contributed by atoms with Crippen LogP contribution in [-0.4, -0.2) is 25.9 Å². The third-order valence-electron chi connectivity index (χ3n) is 4.06. The van der Waals surface area contributed by atoms with E-state index in [1.165, 1.54) is 0 Å². The molecule has 0 heterocycles. The van der Waals surface area contributed by atoms with E-state index in [-0.39, 0.29) is 11.8 Å². The zero-order valence-corrected chi connectivity index (χ0v) is 14.0. The van der Waals surface area contributed by atoms with E-state index < -0.39 is 0 Å². The van der Waals surface area contributed by atoms with Gasteiger partial charge in [-0.2, -0.15) is 0 Å². The third kappa shape index (κ3) is 3.77. The molecule has 0 saturated heterocycles. The molecular formula is C19H22N2O2. The Hall–Kier alpha value is -2.62. The first-order chi connectivity index (χ1) is 11.0. The predicted molar refractivity (Wildman–Crippen MR) is 91.9 cm³/mol. The lowest BCUT2D eigenvalue weighted by Crippen LogP contribution is -2.18. The summed E-state index contributed by atoms with van der Waals surface area (Å²) in [5, 5.41) is 5.29. The molecule has 2 aromatic carbocycles.